The van der Waals surface area contributed by atoms with Gasteiger partial charge >= 0.3 is 0 Å². The lowest BCUT2D eigenvalue weighted by Gasteiger charge is -2.23. The molecule has 1 fully saturated rings. The molecule has 2 rings (SSSR count). The molecule has 0 radical (unpaired) electrons. The minimum absolute atomic E-state index is 0.0332. The SMILES string of the molecule is CC(NC(=O)C1CCC(=O)NC1)c1cccs1. The predicted octanol–water partition coefficient (Wildman–Crippen LogP) is 1.45. The number of hydrogen-bond acceptors (Lipinski definition) is 3. The molecule has 1 aliphatic rings. The van der Waals surface area contributed by atoms with E-state index in [1.54, 1.807) is 11.3 Å². The zero-order valence-corrected chi connectivity index (χ0v) is 10.5. The van der Waals surface area contributed by atoms with Crippen LogP contribution in [0.4, 0.5) is 0 Å². The lowest BCUT2D eigenvalue weighted by atomic mass is 9.98. The molecule has 92 valence electrons. The predicted molar refractivity (Wildman–Crippen MR) is 66.6 cm³/mol. The van der Waals surface area contributed by atoms with Crippen LogP contribution in [0.1, 0.15) is 30.7 Å². The van der Waals surface area contributed by atoms with E-state index in [9.17, 15) is 9.59 Å². The maximum absolute atomic E-state index is 12.0. The molecule has 1 saturated heterocycles. The standard InChI is InChI=1S/C12H16N2O2S/c1-8(10-3-2-6-17-10)14-12(16)9-4-5-11(15)13-7-9/h2-3,6,8-9H,4-5,7H2,1H3,(H,13,15)(H,14,16). The minimum Gasteiger partial charge on any atom is -0.355 e. The van der Waals surface area contributed by atoms with Crippen LogP contribution in [0.2, 0.25) is 0 Å². The fraction of sp³-hybridized carbons (Fsp3) is 0.500. The van der Waals surface area contributed by atoms with Crippen molar-refractivity contribution in [3.63, 3.8) is 0 Å². The summed E-state index contributed by atoms with van der Waals surface area (Å²) < 4.78 is 0. The van der Waals surface area contributed by atoms with Gasteiger partial charge in [-0.15, -0.1) is 11.3 Å². The van der Waals surface area contributed by atoms with Crippen molar-refractivity contribution < 1.29 is 9.59 Å². The highest BCUT2D eigenvalue weighted by molar-refractivity contribution is 7.10. The Morgan fingerprint density at radius 2 is 2.47 bits per heavy atom. The molecular weight excluding hydrogens is 236 g/mol. The number of rotatable bonds is 3. The molecule has 4 nitrogen and oxygen atoms in total. The van der Waals surface area contributed by atoms with Crippen molar-refractivity contribution >= 4 is 23.2 Å². The van der Waals surface area contributed by atoms with Crippen molar-refractivity contribution in [3.8, 4) is 0 Å². The van der Waals surface area contributed by atoms with E-state index in [1.165, 1.54) is 0 Å². The molecule has 0 bridgehead atoms. The Bertz CT molecular complexity index is 393. The number of carbonyl (C=O) groups is 2. The van der Waals surface area contributed by atoms with Crippen LogP contribution in [0, 0.1) is 5.92 Å². The molecule has 2 atom stereocenters. The van der Waals surface area contributed by atoms with Crippen molar-refractivity contribution in [2.75, 3.05) is 6.54 Å². The van der Waals surface area contributed by atoms with Gasteiger partial charge in [0.05, 0.1) is 12.0 Å². The van der Waals surface area contributed by atoms with E-state index in [0.717, 1.165) is 4.88 Å². The first-order valence-electron chi connectivity index (χ1n) is 5.77. The van der Waals surface area contributed by atoms with E-state index in [1.807, 2.05) is 24.4 Å². The number of piperidine rings is 1. The van der Waals surface area contributed by atoms with Gasteiger partial charge in [-0.2, -0.15) is 0 Å². The van der Waals surface area contributed by atoms with Crippen molar-refractivity contribution in [1.29, 1.82) is 0 Å². The summed E-state index contributed by atoms with van der Waals surface area (Å²) in [7, 11) is 0. The molecule has 17 heavy (non-hydrogen) atoms. The van der Waals surface area contributed by atoms with Gasteiger partial charge in [-0.3, -0.25) is 9.59 Å². The fourth-order valence-electron chi connectivity index (χ4n) is 1.90. The Labute approximate surface area is 104 Å². The second-order valence-electron chi connectivity index (χ2n) is 4.29. The first-order valence-corrected chi connectivity index (χ1v) is 6.65. The average Bonchev–Trinajstić information content (AvgIpc) is 2.83. The lowest BCUT2D eigenvalue weighted by molar-refractivity contribution is -0.129. The summed E-state index contributed by atoms with van der Waals surface area (Å²) in [5.74, 6) is -0.0126. The van der Waals surface area contributed by atoms with Gasteiger partial charge in [-0.1, -0.05) is 6.07 Å². The van der Waals surface area contributed by atoms with Gasteiger partial charge in [0, 0.05) is 17.8 Å². The third kappa shape index (κ3) is 3.06. The molecule has 0 saturated carbocycles. The quantitative estimate of drug-likeness (QED) is 0.855. The van der Waals surface area contributed by atoms with Crippen LogP contribution in [0.3, 0.4) is 0 Å². The van der Waals surface area contributed by atoms with Crippen LogP contribution < -0.4 is 10.6 Å². The molecule has 0 spiro atoms. The summed E-state index contributed by atoms with van der Waals surface area (Å²) in [6.45, 7) is 2.44. The highest BCUT2D eigenvalue weighted by Crippen LogP contribution is 2.19. The lowest BCUT2D eigenvalue weighted by Crippen LogP contribution is -2.43. The molecule has 1 aromatic heterocycles. The number of nitrogens with one attached hydrogen (secondary N) is 2. The zero-order valence-electron chi connectivity index (χ0n) is 9.73. The van der Waals surface area contributed by atoms with Crippen molar-refractivity contribution in [1.82, 2.24) is 10.6 Å². The van der Waals surface area contributed by atoms with Crippen molar-refractivity contribution in [2.24, 2.45) is 5.92 Å². The second-order valence-corrected chi connectivity index (χ2v) is 5.26. The molecule has 2 amide bonds. The average molecular weight is 252 g/mol. The van der Waals surface area contributed by atoms with E-state index >= 15 is 0 Å². The Balaban J connectivity index is 1.86. The molecule has 0 aliphatic carbocycles. The van der Waals surface area contributed by atoms with Gasteiger partial charge in [0.2, 0.25) is 11.8 Å². The van der Waals surface area contributed by atoms with Gasteiger partial charge in [-0.25, -0.2) is 0 Å². The van der Waals surface area contributed by atoms with E-state index in [4.69, 9.17) is 0 Å². The molecule has 0 aromatic carbocycles. The van der Waals surface area contributed by atoms with Crippen LogP contribution in [0.25, 0.3) is 0 Å². The first kappa shape index (κ1) is 12.1. The van der Waals surface area contributed by atoms with Crippen LogP contribution in [0.5, 0.6) is 0 Å². The van der Waals surface area contributed by atoms with Crippen LogP contribution >= 0.6 is 11.3 Å². The summed E-state index contributed by atoms with van der Waals surface area (Å²) in [5.41, 5.74) is 0. The van der Waals surface area contributed by atoms with Crippen LogP contribution in [-0.4, -0.2) is 18.4 Å². The van der Waals surface area contributed by atoms with Gasteiger partial charge in [-0.05, 0) is 24.8 Å². The Hall–Kier alpha value is -1.36. The third-order valence-corrected chi connectivity index (χ3v) is 4.02. The summed E-state index contributed by atoms with van der Waals surface area (Å²) >= 11 is 1.64. The van der Waals surface area contributed by atoms with E-state index < -0.39 is 0 Å². The summed E-state index contributed by atoms with van der Waals surface area (Å²) in [5, 5.41) is 7.71. The number of hydrogen-bond donors (Lipinski definition) is 2. The molecule has 2 heterocycles. The van der Waals surface area contributed by atoms with E-state index in [0.29, 0.717) is 19.4 Å². The highest BCUT2D eigenvalue weighted by Gasteiger charge is 2.25. The summed E-state index contributed by atoms with van der Waals surface area (Å²) in [6, 6.07) is 4.03. The van der Waals surface area contributed by atoms with Crippen molar-refractivity contribution in [2.45, 2.75) is 25.8 Å². The Morgan fingerprint density at radius 3 is 3.06 bits per heavy atom. The minimum atomic E-state index is -0.0879. The molecule has 1 aliphatic heterocycles. The third-order valence-electron chi connectivity index (χ3n) is 2.97. The highest BCUT2D eigenvalue weighted by atomic mass is 32.1. The van der Waals surface area contributed by atoms with Crippen molar-refractivity contribution in [3.05, 3.63) is 22.4 Å². The zero-order chi connectivity index (χ0) is 12.3. The smallest absolute Gasteiger partial charge is 0.225 e. The second kappa shape index (κ2) is 5.31. The molecule has 5 heteroatoms. The number of thiophene rings is 1. The van der Waals surface area contributed by atoms with Gasteiger partial charge in [0.15, 0.2) is 0 Å². The van der Waals surface area contributed by atoms with Gasteiger partial charge < -0.3 is 10.6 Å². The Morgan fingerprint density at radius 1 is 1.65 bits per heavy atom. The molecule has 2 unspecified atom stereocenters. The van der Waals surface area contributed by atoms with Crippen LogP contribution in [-0.2, 0) is 9.59 Å². The first-order chi connectivity index (χ1) is 8.16. The van der Waals surface area contributed by atoms with Crippen LogP contribution in [0.15, 0.2) is 17.5 Å². The van der Waals surface area contributed by atoms with E-state index in [2.05, 4.69) is 10.6 Å². The summed E-state index contributed by atoms with van der Waals surface area (Å²) in [4.78, 5) is 24.1. The summed E-state index contributed by atoms with van der Waals surface area (Å²) in [6.07, 6.45) is 1.10. The van der Waals surface area contributed by atoms with Gasteiger partial charge in [0.25, 0.3) is 0 Å². The van der Waals surface area contributed by atoms with E-state index in [-0.39, 0.29) is 23.8 Å². The monoisotopic (exact) mass is 252 g/mol. The molecule has 1 aromatic rings. The number of carbonyl (C=O) groups excluding carboxylic acids is 2. The maximum atomic E-state index is 12.0. The Kier molecular flexibility index (Phi) is 3.78. The largest absolute Gasteiger partial charge is 0.355 e. The van der Waals surface area contributed by atoms with Gasteiger partial charge in [0.1, 0.15) is 0 Å². The maximum Gasteiger partial charge on any atom is 0.225 e. The molecular formula is C12H16N2O2S. The molecule has 2 N–H and O–H groups in total. The number of amides is 2. The topological polar surface area (TPSA) is 58.2 Å². The normalized spacial score (nSPS) is 21.7. The fourth-order valence-corrected chi connectivity index (χ4v) is 2.63.